The molecule has 0 fully saturated rings. The smallest absolute Gasteiger partial charge is 0.126 e. The summed E-state index contributed by atoms with van der Waals surface area (Å²) in [6, 6.07) is 11.4. The van der Waals surface area contributed by atoms with Crippen molar-refractivity contribution in [2.24, 2.45) is 0 Å². The number of aliphatic hydroxyl groups is 2. The summed E-state index contributed by atoms with van der Waals surface area (Å²) in [7, 11) is 3.45. The van der Waals surface area contributed by atoms with Crippen LogP contribution in [0.15, 0.2) is 36.4 Å². The number of methoxy groups -OCH3 is 1. The van der Waals surface area contributed by atoms with E-state index in [1.807, 2.05) is 43.4 Å². The van der Waals surface area contributed by atoms with Crippen LogP contribution in [0.1, 0.15) is 18.1 Å². The Morgan fingerprint density at radius 1 is 1.10 bits per heavy atom. The number of rotatable bonds is 6. The van der Waals surface area contributed by atoms with Crippen LogP contribution in [0.5, 0.6) is 5.75 Å². The number of aliphatic hydroxyl groups excluding tert-OH is 2. The Hall–Kier alpha value is -1.62. The van der Waals surface area contributed by atoms with E-state index < -0.39 is 12.2 Å². The molecule has 0 amide bonds. The lowest BCUT2D eigenvalue weighted by Gasteiger charge is -2.20. The lowest BCUT2D eigenvalue weighted by Crippen LogP contribution is -2.23. The lowest BCUT2D eigenvalue weighted by molar-refractivity contribution is 0.0149. The second-order valence-corrected chi connectivity index (χ2v) is 4.81. The molecule has 2 unspecified atom stereocenters. The Kier molecular flexibility index (Phi) is 4.95. The van der Waals surface area contributed by atoms with Gasteiger partial charge in [-0.25, -0.2) is 0 Å². The normalized spacial score (nSPS) is 14.2. The number of hydrogen-bond donors (Lipinski definition) is 3. The van der Waals surface area contributed by atoms with Crippen LogP contribution in [0.4, 0.5) is 0 Å². The summed E-state index contributed by atoms with van der Waals surface area (Å²) in [6.07, 6.45) is -1.20. The highest BCUT2D eigenvalue weighted by molar-refractivity contribution is 5.91. The fourth-order valence-corrected chi connectivity index (χ4v) is 2.39. The molecular weight excluding hydrogens is 254 g/mol. The summed E-state index contributed by atoms with van der Waals surface area (Å²) in [5.41, 5.74) is 0.727. The standard InChI is InChI=1S/C16H21NO3/c1-17-10-9-14(18)16(19)13-7-8-15(20-2)12-6-4-3-5-11(12)13/h3-8,14,16-19H,9-10H2,1-2H3. The van der Waals surface area contributed by atoms with E-state index in [2.05, 4.69) is 5.32 Å². The minimum absolute atomic E-state index is 0.498. The number of nitrogens with one attached hydrogen (secondary N) is 1. The van der Waals surface area contributed by atoms with Crippen LogP contribution in [0, 0.1) is 0 Å². The first-order chi connectivity index (χ1) is 9.69. The predicted molar refractivity (Wildman–Crippen MR) is 80.0 cm³/mol. The van der Waals surface area contributed by atoms with Crippen LogP contribution in [0.25, 0.3) is 10.8 Å². The summed E-state index contributed by atoms with van der Waals surface area (Å²) < 4.78 is 5.33. The van der Waals surface area contributed by atoms with Crippen molar-refractivity contribution in [1.29, 1.82) is 0 Å². The van der Waals surface area contributed by atoms with Gasteiger partial charge in [-0.1, -0.05) is 30.3 Å². The fourth-order valence-electron chi connectivity index (χ4n) is 2.39. The molecule has 2 atom stereocenters. The van der Waals surface area contributed by atoms with E-state index in [-0.39, 0.29) is 0 Å². The zero-order valence-corrected chi connectivity index (χ0v) is 11.8. The number of benzene rings is 2. The van der Waals surface area contributed by atoms with Crippen molar-refractivity contribution in [2.45, 2.75) is 18.6 Å². The maximum Gasteiger partial charge on any atom is 0.126 e. The highest BCUT2D eigenvalue weighted by Gasteiger charge is 2.20. The zero-order chi connectivity index (χ0) is 14.5. The molecule has 0 heterocycles. The van der Waals surface area contributed by atoms with E-state index in [4.69, 9.17) is 4.74 Å². The van der Waals surface area contributed by atoms with Crippen molar-refractivity contribution in [1.82, 2.24) is 5.32 Å². The molecule has 3 N–H and O–H groups in total. The molecule has 0 saturated heterocycles. The third kappa shape index (κ3) is 2.93. The van der Waals surface area contributed by atoms with E-state index in [1.54, 1.807) is 7.11 Å². The Morgan fingerprint density at radius 2 is 1.80 bits per heavy atom. The summed E-state index contributed by atoms with van der Waals surface area (Å²) >= 11 is 0. The topological polar surface area (TPSA) is 61.7 Å². The average Bonchev–Trinajstić information content (AvgIpc) is 2.50. The van der Waals surface area contributed by atoms with Gasteiger partial charge in [-0.3, -0.25) is 0 Å². The lowest BCUT2D eigenvalue weighted by atomic mass is 9.95. The molecule has 0 aliphatic carbocycles. The van der Waals surface area contributed by atoms with E-state index in [1.165, 1.54) is 0 Å². The van der Waals surface area contributed by atoms with Crippen LogP contribution in [-0.2, 0) is 0 Å². The van der Waals surface area contributed by atoms with Crippen molar-refractivity contribution in [3.8, 4) is 5.75 Å². The van der Waals surface area contributed by atoms with E-state index in [9.17, 15) is 10.2 Å². The van der Waals surface area contributed by atoms with Crippen molar-refractivity contribution in [2.75, 3.05) is 20.7 Å². The van der Waals surface area contributed by atoms with E-state index >= 15 is 0 Å². The van der Waals surface area contributed by atoms with E-state index in [0.717, 1.165) is 22.1 Å². The highest BCUT2D eigenvalue weighted by Crippen LogP contribution is 2.32. The molecule has 0 aromatic heterocycles. The van der Waals surface area contributed by atoms with Gasteiger partial charge in [0.2, 0.25) is 0 Å². The van der Waals surface area contributed by atoms with Gasteiger partial charge in [0.15, 0.2) is 0 Å². The summed E-state index contributed by atoms with van der Waals surface area (Å²) in [4.78, 5) is 0. The molecule has 0 aliphatic heterocycles. The Labute approximate surface area is 119 Å². The van der Waals surface area contributed by atoms with Gasteiger partial charge in [0.25, 0.3) is 0 Å². The van der Waals surface area contributed by atoms with E-state index in [0.29, 0.717) is 13.0 Å². The maximum atomic E-state index is 10.4. The van der Waals surface area contributed by atoms with Crippen LogP contribution in [0.3, 0.4) is 0 Å². The predicted octanol–water partition coefficient (Wildman–Crippen LogP) is 1.85. The van der Waals surface area contributed by atoms with Gasteiger partial charge >= 0.3 is 0 Å². The minimum atomic E-state index is -0.904. The largest absolute Gasteiger partial charge is 0.496 e. The first-order valence-electron chi connectivity index (χ1n) is 6.75. The third-order valence-electron chi connectivity index (χ3n) is 3.51. The van der Waals surface area contributed by atoms with Crippen molar-refractivity contribution in [3.63, 3.8) is 0 Å². The summed E-state index contributed by atoms with van der Waals surface area (Å²) in [6.45, 7) is 0.659. The molecule has 2 rings (SSSR count). The SMILES string of the molecule is CNCCC(O)C(O)c1ccc(OC)c2ccccc12. The monoisotopic (exact) mass is 275 g/mol. The van der Waals surface area contributed by atoms with Crippen LogP contribution >= 0.6 is 0 Å². The Bertz CT molecular complexity index is 571. The number of hydrogen-bond acceptors (Lipinski definition) is 4. The summed E-state index contributed by atoms with van der Waals surface area (Å²) in [5.74, 6) is 0.765. The first-order valence-corrected chi connectivity index (χ1v) is 6.75. The highest BCUT2D eigenvalue weighted by atomic mass is 16.5. The Balaban J connectivity index is 2.39. The Morgan fingerprint density at radius 3 is 2.45 bits per heavy atom. The molecule has 2 aromatic carbocycles. The van der Waals surface area contributed by atoms with Gasteiger partial charge < -0.3 is 20.3 Å². The van der Waals surface area contributed by atoms with Crippen LogP contribution < -0.4 is 10.1 Å². The van der Waals surface area contributed by atoms with Gasteiger partial charge in [0.05, 0.1) is 13.2 Å². The zero-order valence-electron chi connectivity index (χ0n) is 11.8. The average molecular weight is 275 g/mol. The van der Waals surface area contributed by atoms with Crippen LogP contribution in [0.2, 0.25) is 0 Å². The van der Waals surface area contributed by atoms with Gasteiger partial charge in [-0.2, -0.15) is 0 Å². The second-order valence-electron chi connectivity index (χ2n) is 4.81. The maximum absolute atomic E-state index is 10.4. The number of fused-ring (bicyclic) bond motifs is 1. The molecule has 0 saturated carbocycles. The van der Waals surface area contributed by atoms with Gasteiger partial charge in [-0.05, 0) is 37.0 Å². The van der Waals surface area contributed by atoms with Crippen molar-refractivity contribution < 1.29 is 14.9 Å². The number of ether oxygens (including phenoxy) is 1. The molecule has 0 bridgehead atoms. The molecule has 2 aromatic rings. The minimum Gasteiger partial charge on any atom is -0.496 e. The molecule has 0 aliphatic rings. The molecular formula is C16H21NO3. The third-order valence-corrected chi connectivity index (χ3v) is 3.51. The van der Waals surface area contributed by atoms with Crippen molar-refractivity contribution in [3.05, 3.63) is 42.0 Å². The summed E-state index contributed by atoms with van der Waals surface area (Å²) in [5, 5.41) is 25.2. The fraction of sp³-hybridized carbons (Fsp3) is 0.375. The second kappa shape index (κ2) is 6.70. The molecule has 4 heteroatoms. The van der Waals surface area contributed by atoms with Crippen molar-refractivity contribution >= 4 is 10.8 Å². The van der Waals surface area contributed by atoms with Gasteiger partial charge in [-0.15, -0.1) is 0 Å². The molecule has 0 spiro atoms. The van der Waals surface area contributed by atoms with Gasteiger partial charge in [0.1, 0.15) is 11.9 Å². The molecule has 108 valence electrons. The van der Waals surface area contributed by atoms with Gasteiger partial charge in [0, 0.05) is 5.39 Å². The molecule has 4 nitrogen and oxygen atoms in total. The van der Waals surface area contributed by atoms with Crippen LogP contribution in [-0.4, -0.2) is 37.0 Å². The first kappa shape index (κ1) is 14.8. The molecule has 0 radical (unpaired) electrons. The quantitative estimate of drug-likeness (QED) is 0.753. The molecule has 20 heavy (non-hydrogen) atoms.